The maximum atomic E-state index is 10.5. The Morgan fingerprint density at radius 1 is 1.29 bits per heavy atom. The van der Waals surface area contributed by atoms with E-state index >= 15 is 0 Å². The van der Waals surface area contributed by atoms with Crippen LogP contribution in [0.1, 0.15) is 46.0 Å². The monoisotopic (exact) mass is 210 g/mol. The van der Waals surface area contributed by atoms with Gasteiger partial charge in [0, 0.05) is 6.61 Å². The second kappa shape index (κ2) is 11.5. The van der Waals surface area contributed by atoms with Gasteiger partial charge in [-0.25, -0.2) is 0 Å². The van der Waals surface area contributed by atoms with E-state index in [0.717, 1.165) is 25.7 Å². The Balaban J connectivity index is 0. The molecule has 0 bridgehead atoms. The van der Waals surface area contributed by atoms with E-state index in [1.54, 1.807) is 0 Å². The second-order valence-corrected chi connectivity index (χ2v) is 3.17. The number of hydrogen-bond acceptors (Lipinski definition) is 3. The van der Waals surface area contributed by atoms with Crippen LogP contribution in [0, 0.1) is 0 Å². The van der Waals surface area contributed by atoms with Crippen LogP contribution < -0.4 is 34.7 Å². The Bertz CT molecular complexity index is 139. The fourth-order valence-corrected chi connectivity index (χ4v) is 1.11. The van der Waals surface area contributed by atoms with E-state index in [0.29, 0.717) is 13.0 Å². The molecule has 0 aromatic rings. The number of carboxylic acids is 1. The molecule has 0 fully saturated rings. The van der Waals surface area contributed by atoms with Gasteiger partial charge in [0.1, 0.15) is 0 Å². The van der Waals surface area contributed by atoms with E-state index in [2.05, 4.69) is 6.92 Å². The number of hydrogen-bond donors (Lipinski definition) is 0. The zero-order valence-electron chi connectivity index (χ0n) is 9.54. The molecule has 3 nitrogen and oxygen atoms in total. The maximum Gasteiger partial charge on any atom is 1.00 e. The molecule has 0 saturated carbocycles. The van der Waals surface area contributed by atoms with Crippen LogP contribution in [0.4, 0.5) is 0 Å². The average molecular weight is 210 g/mol. The van der Waals surface area contributed by atoms with Crippen LogP contribution in [0.3, 0.4) is 0 Å². The summed E-state index contributed by atoms with van der Waals surface area (Å²) < 4.78 is 5.18. The van der Waals surface area contributed by atoms with Crippen LogP contribution in [0.2, 0.25) is 0 Å². The third-order valence-electron chi connectivity index (χ3n) is 1.88. The van der Waals surface area contributed by atoms with Crippen molar-refractivity contribution in [3.8, 4) is 0 Å². The molecule has 0 N–H and O–H groups in total. The first-order chi connectivity index (χ1) is 6.22. The molecule has 1 atom stereocenters. The van der Waals surface area contributed by atoms with Crippen LogP contribution in [0.25, 0.3) is 0 Å². The van der Waals surface area contributed by atoms with E-state index in [9.17, 15) is 9.90 Å². The quantitative estimate of drug-likeness (QED) is 0.348. The van der Waals surface area contributed by atoms with Gasteiger partial charge in [-0.05, 0) is 12.8 Å². The minimum atomic E-state index is -1.08. The van der Waals surface area contributed by atoms with Gasteiger partial charge in [0.25, 0.3) is 0 Å². The van der Waals surface area contributed by atoms with Gasteiger partial charge in [0.05, 0.1) is 12.1 Å². The Morgan fingerprint density at radius 2 is 1.93 bits per heavy atom. The van der Waals surface area contributed by atoms with E-state index in [1.807, 2.05) is 6.92 Å². The van der Waals surface area contributed by atoms with Crippen molar-refractivity contribution in [3.63, 3.8) is 0 Å². The molecule has 0 aromatic carbocycles. The molecule has 1 unspecified atom stereocenters. The smallest absolute Gasteiger partial charge is 0.547 e. The largest absolute Gasteiger partial charge is 1.00 e. The van der Waals surface area contributed by atoms with Crippen molar-refractivity contribution in [2.24, 2.45) is 0 Å². The minimum Gasteiger partial charge on any atom is -0.547 e. The Labute approximate surface area is 109 Å². The van der Waals surface area contributed by atoms with Crippen LogP contribution in [-0.2, 0) is 9.53 Å². The number of rotatable bonds is 8. The summed E-state index contributed by atoms with van der Waals surface area (Å²) in [6, 6.07) is 0. The van der Waals surface area contributed by atoms with E-state index in [4.69, 9.17) is 4.74 Å². The van der Waals surface area contributed by atoms with Gasteiger partial charge in [-0.2, -0.15) is 0 Å². The molecule has 0 rings (SSSR count). The van der Waals surface area contributed by atoms with Crippen LogP contribution in [-0.4, -0.2) is 18.7 Å². The third kappa shape index (κ3) is 9.00. The summed E-state index contributed by atoms with van der Waals surface area (Å²) in [7, 11) is 0. The fourth-order valence-electron chi connectivity index (χ4n) is 1.11. The topological polar surface area (TPSA) is 49.4 Å². The summed E-state index contributed by atoms with van der Waals surface area (Å²) in [4.78, 5) is 10.5. The summed E-state index contributed by atoms with van der Waals surface area (Å²) >= 11 is 0. The molecule has 0 aliphatic carbocycles. The van der Waals surface area contributed by atoms with Crippen LogP contribution in [0.5, 0.6) is 0 Å². The van der Waals surface area contributed by atoms with Crippen molar-refractivity contribution >= 4 is 5.97 Å². The van der Waals surface area contributed by atoms with Crippen molar-refractivity contribution in [2.75, 3.05) is 6.61 Å². The molecule has 0 amide bonds. The van der Waals surface area contributed by atoms with Crippen molar-refractivity contribution in [1.29, 1.82) is 0 Å². The van der Waals surface area contributed by atoms with Crippen molar-refractivity contribution in [3.05, 3.63) is 0 Å². The minimum absolute atomic E-state index is 0. The predicted molar refractivity (Wildman–Crippen MR) is 49.2 cm³/mol. The molecule has 0 radical (unpaired) electrons. The average Bonchev–Trinajstić information content (AvgIpc) is 2.10. The molecular weight excluding hydrogens is 191 g/mol. The molecule has 0 aliphatic rings. The summed E-state index contributed by atoms with van der Waals surface area (Å²) in [5.41, 5.74) is 0. The first-order valence-corrected chi connectivity index (χ1v) is 5.04. The Kier molecular flexibility index (Phi) is 13.8. The van der Waals surface area contributed by atoms with Crippen LogP contribution >= 0.6 is 0 Å². The molecule has 0 saturated heterocycles. The number of aliphatic carboxylic acids is 1. The van der Waals surface area contributed by atoms with Gasteiger partial charge in [0.15, 0.2) is 0 Å². The molecule has 4 heteroatoms. The van der Waals surface area contributed by atoms with Crippen molar-refractivity contribution in [1.82, 2.24) is 0 Å². The van der Waals surface area contributed by atoms with E-state index in [1.165, 1.54) is 0 Å². The number of carbonyl (C=O) groups excluding carboxylic acids is 1. The fraction of sp³-hybridized carbons (Fsp3) is 0.900. The summed E-state index contributed by atoms with van der Waals surface area (Å²) in [6.07, 6.45) is 3.80. The van der Waals surface area contributed by atoms with E-state index < -0.39 is 12.1 Å². The molecule has 0 aliphatic heterocycles. The number of carbonyl (C=O) groups is 1. The van der Waals surface area contributed by atoms with Crippen LogP contribution in [0.15, 0.2) is 0 Å². The SMILES string of the molecule is CCCCCOC(CCC)C(=O)[O-].[Na+]. The zero-order chi connectivity index (χ0) is 10.1. The molecule has 0 aromatic heterocycles. The Hall–Kier alpha value is 0.430. The van der Waals surface area contributed by atoms with Gasteiger partial charge in [0.2, 0.25) is 0 Å². The van der Waals surface area contributed by atoms with Gasteiger partial charge >= 0.3 is 29.6 Å². The predicted octanol–water partition coefficient (Wildman–Crippen LogP) is -1.88. The zero-order valence-corrected chi connectivity index (χ0v) is 11.5. The summed E-state index contributed by atoms with van der Waals surface area (Å²) in [6.45, 7) is 4.57. The third-order valence-corrected chi connectivity index (χ3v) is 1.88. The number of unbranched alkanes of at least 4 members (excludes halogenated alkanes) is 2. The van der Waals surface area contributed by atoms with Gasteiger partial charge < -0.3 is 14.6 Å². The number of carboxylic acid groups (broad SMARTS) is 1. The van der Waals surface area contributed by atoms with E-state index in [-0.39, 0.29) is 29.6 Å². The summed E-state index contributed by atoms with van der Waals surface area (Å²) in [5.74, 6) is -1.08. The Morgan fingerprint density at radius 3 is 2.36 bits per heavy atom. The first-order valence-electron chi connectivity index (χ1n) is 5.04. The van der Waals surface area contributed by atoms with Gasteiger partial charge in [-0.1, -0.05) is 33.1 Å². The van der Waals surface area contributed by atoms with Crippen molar-refractivity contribution in [2.45, 2.75) is 52.1 Å². The first kappa shape index (κ1) is 16.8. The molecule has 14 heavy (non-hydrogen) atoms. The standard InChI is InChI=1S/C10H20O3.Na/c1-3-5-6-8-13-9(7-4-2)10(11)12;/h9H,3-8H2,1-2H3,(H,11,12);/q;+1/p-1. The summed E-state index contributed by atoms with van der Waals surface area (Å²) in [5, 5.41) is 10.5. The van der Waals surface area contributed by atoms with Gasteiger partial charge in [-0.15, -0.1) is 0 Å². The molecular formula is C10H19NaO3. The maximum absolute atomic E-state index is 10.5. The second-order valence-electron chi connectivity index (χ2n) is 3.17. The molecule has 0 spiro atoms. The van der Waals surface area contributed by atoms with Gasteiger partial charge in [-0.3, -0.25) is 0 Å². The van der Waals surface area contributed by atoms with Crippen molar-refractivity contribution < 1.29 is 44.2 Å². The molecule has 78 valence electrons. The molecule has 0 heterocycles. The number of ether oxygens (including phenoxy) is 1. The normalized spacial score (nSPS) is 11.9.